The number of ether oxygens (including phenoxy) is 2. The summed E-state index contributed by atoms with van der Waals surface area (Å²) >= 11 is 0. The average Bonchev–Trinajstić information content (AvgIpc) is 3.15. The highest BCUT2D eigenvalue weighted by molar-refractivity contribution is 5.92. The fraction of sp³-hybridized carbons (Fsp3) is 0.381. The van der Waals surface area contributed by atoms with Gasteiger partial charge < -0.3 is 29.9 Å². The van der Waals surface area contributed by atoms with Gasteiger partial charge in [-0.2, -0.15) is 0 Å². The third-order valence-electron chi connectivity index (χ3n) is 9.68. The summed E-state index contributed by atoms with van der Waals surface area (Å²) < 4.78 is 11.0. The topological polar surface area (TPSA) is 154 Å². The SMILES string of the molecule is CC(C)C(NC(=O)Oc1ccc(C[C@H]2C(=O)N(Cc3cccc4cccnc34)CC3N2C(=O)CN(C)N3C(=O)NCc2ccccc2)cc1)C(=O)OC(C)(C)C. The highest BCUT2D eigenvalue weighted by atomic mass is 16.6. The van der Waals surface area contributed by atoms with Crippen molar-refractivity contribution in [3.8, 4) is 5.75 Å². The lowest BCUT2D eigenvalue weighted by molar-refractivity contribution is -0.187. The van der Waals surface area contributed by atoms with Crippen molar-refractivity contribution >= 4 is 40.8 Å². The molecule has 0 radical (unpaired) electrons. The van der Waals surface area contributed by atoms with Crippen LogP contribution in [0.3, 0.4) is 0 Å². The van der Waals surface area contributed by atoms with Gasteiger partial charge in [-0.25, -0.2) is 24.4 Å². The first-order valence-electron chi connectivity index (χ1n) is 18.7. The van der Waals surface area contributed by atoms with Crippen LogP contribution in [0.1, 0.15) is 51.3 Å². The molecule has 2 aliphatic heterocycles. The van der Waals surface area contributed by atoms with E-state index >= 15 is 0 Å². The number of rotatable bonds is 10. The number of carbonyl (C=O) groups excluding carboxylic acids is 5. The van der Waals surface area contributed by atoms with Gasteiger partial charge >= 0.3 is 18.1 Å². The summed E-state index contributed by atoms with van der Waals surface area (Å²) in [5, 5.41) is 9.64. The highest BCUT2D eigenvalue weighted by Crippen LogP contribution is 2.30. The van der Waals surface area contributed by atoms with Gasteiger partial charge in [0.2, 0.25) is 11.8 Å². The molecular formula is C42H49N7O7. The Morgan fingerprint density at radius 2 is 1.62 bits per heavy atom. The largest absolute Gasteiger partial charge is 0.458 e. The number of hydrazine groups is 1. The minimum absolute atomic E-state index is 0.0793. The van der Waals surface area contributed by atoms with Crippen LogP contribution >= 0.6 is 0 Å². The number of benzene rings is 3. The molecule has 0 saturated carbocycles. The zero-order valence-electron chi connectivity index (χ0n) is 32.6. The molecule has 4 aromatic rings. The Morgan fingerprint density at radius 1 is 0.911 bits per heavy atom. The molecule has 0 bridgehead atoms. The van der Waals surface area contributed by atoms with Gasteiger partial charge in [0.15, 0.2) is 0 Å². The molecule has 2 fully saturated rings. The minimum atomic E-state index is -0.946. The smallest absolute Gasteiger partial charge is 0.413 e. The zero-order chi connectivity index (χ0) is 40.1. The fourth-order valence-electron chi connectivity index (χ4n) is 7.05. The molecule has 3 heterocycles. The van der Waals surface area contributed by atoms with E-state index in [0.29, 0.717) is 5.56 Å². The number of amides is 5. The maximum Gasteiger partial charge on any atom is 0.413 e. The van der Waals surface area contributed by atoms with E-state index < -0.39 is 41.9 Å². The van der Waals surface area contributed by atoms with Crippen LogP contribution in [0.5, 0.6) is 5.75 Å². The maximum absolute atomic E-state index is 14.5. The molecule has 6 rings (SSSR count). The number of fused-ring (bicyclic) bond motifs is 2. The van der Waals surface area contributed by atoms with Gasteiger partial charge in [0, 0.05) is 38.1 Å². The third kappa shape index (κ3) is 9.25. The van der Waals surface area contributed by atoms with E-state index in [1.54, 1.807) is 82.0 Å². The van der Waals surface area contributed by atoms with Crippen LogP contribution in [0, 0.1) is 5.92 Å². The molecule has 3 aromatic carbocycles. The number of carbonyl (C=O) groups is 5. The molecule has 1 aromatic heterocycles. The number of urea groups is 1. The van der Waals surface area contributed by atoms with Crippen molar-refractivity contribution in [3.63, 3.8) is 0 Å². The number of hydrogen-bond acceptors (Lipinski definition) is 9. The molecule has 294 valence electrons. The van der Waals surface area contributed by atoms with Crippen LogP contribution in [-0.4, -0.2) is 98.7 Å². The number of nitrogens with zero attached hydrogens (tertiary/aromatic N) is 5. The Morgan fingerprint density at radius 3 is 2.32 bits per heavy atom. The van der Waals surface area contributed by atoms with Gasteiger partial charge in [-0.1, -0.05) is 80.6 Å². The molecule has 2 N–H and O–H groups in total. The summed E-state index contributed by atoms with van der Waals surface area (Å²) in [5.74, 6) is -1.15. The Labute approximate surface area is 326 Å². The lowest BCUT2D eigenvalue weighted by Gasteiger charge is -2.54. The van der Waals surface area contributed by atoms with E-state index in [2.05, 4.69) is 15.6 Å². The van der Waals surface area contributed by atoms with E-state index in [4.69, 9.17) is 9.47 Å². The lowest BCUT2D eigenvalue weighted by Crippen LogP contribution is -2.76. The molecule has 5 amide bonds. The molecular weight excluding hydrogens is 715 g/mol. The quantitative estimate of drug-likeness (QED) is 0.216. The van der Waals surface area contributed by atoms with E-state index in [-0.39, 0.29) is 56.1 Å². The second-order valence-electron chi connectivity index (χ2n) is 15.5. The van der Waals surface area contributed by atoms with Crippen molar-refractivity contribution in [1.82, 2.24) is 35.4 Å². The predicted octanol–water partition coefficient (Wildman–Crippen LogP) is 4.87. The van der Waals surface area contributed by atoms with Crippen molar-refractivity contribution < 1.29 is 33.4 Å². The molecule has 0 aliphatic carbocycles. The molecule has 3 atom stereocenters. The number of nitrogens with one attached hydrogen (secondary N) is 2. The molecule has 56 heavy (non-hydrogen) atoms. The van der Waals surface area contributed by atoms with Gasteiger partial charge in [0.1, 0.15) is 29.6 Å². The van der Waals surface area contributed by atoms with Crippen LogP contribution in [0.25, 0.3) is 10.9 Å². The fourth-order valence-corrected chi connectivity index (χ4v) is 7.05. The first-order chi connectivity index (χ1) is 26.7. The molecule has 0 spiro atoms. The van der Waals surface area contributed by atoms with E-state index in [1.807, 2.05) is 60.7 Å². The van der Waals surface area contributed by atoms with E-state index in [1.165, 1.54) is 9.91 Å². The van der Waals surface area contributed by atoms with Crippen LogP contribution in [0.15, 0.2) is 91.1 Å². The van der Waals surface area contributed by atoms with Crippen LogP contribution in [0.2, 0.25) is 0 Å². The molecule has 14 heteroatoms. The molecule has 2 unspecified atom stereocenters. The second-order valence-corrected chi connectivity index (χ2v) is 15.5. The number of hydrogen-bond donors (Lipinski definition) is 2. The van der Waals surface area contributed by atoms with Crippen LogP contribution in [-0.2, 0) is 38.6 Å². The first kappa shape index (κ1) is 39.7. The van der Waals surface area contributed by atoms with Crippen molar-refractivity contribution in [2.75, 3.05) is 20.1 Å². The monoisotopic (exact) mass is 763 g/mol. The number of piperazine rings is 1. The summed E-state index contributed by atoms with van der Waals surface area (Å²) in [4.78, 5) is 75.7. The summed E-state index contributed by atoms with van der Waals surface area (Å²) in [6.07, 6.45) is 0.227. The molecule has 2 aliphatic rings. The first-order valence-corrected chi connectivity index (χ1v) is 18.7. The lowest BCUT2D eigenvalue weighted by atomic mass is 9.98. The van der Waals surface area contributed by atoms with Crippen molar-refractivity contribution in [2.24, 2.45) is 5.92 Å². The minimum Gasteiger partial charge on any atom is -0.458 e. The summed E-state index contributed by atoms with van der Waals surface area (Å²) in [5.41, 5.74) is 2.50. The summed E-state index contributed by atoms with van der Waals surface area (Å²) in [6.45, 7) is 9.32. The third-order valence-corrected chi connectivity index (χ3v) is 9.68. The van der Waals surface area contributed by atoms with Gasteiger partial charge in [-0.05, 0) is 61.6 Å². The number of para-hydroxylation sites is 1. The van der Waals surface area contributed by atoms with Gasteiger partial charge in [0.25, 0.3) is 0 Å². The summed E-state index contributed by atoms with van der Waals surface area (Å²) in [7, 11) is 1.69. The highest BCUT2D eigenvalue weighted by Gasteiger charge is 2.50. The van der Waals surface area contributed by atoms with Crippen molar-refractivity contribution in [3.05, 3.63) is 108 Å². The van der Waals surface area contributed by atoms with Gasteiger partial charge in [-0.3, -0.25) is 14.6 Å². The Bertz CT molecular complexity index is 2060. The molecule has 14 nitrogen and oxygen atoms in total. The Hall–Kier alpha value is -6.02. The van der Waals surface area contributed by atoms with Crippen LogP contribution in [0.4, 0.5) is 9.59 Å². The second kappa shape index (κ2) is 16.8. The van der Waals surface area contributed by atoms with Crippen LogP contribution < -0.4 is 15.4 Å². The normalized spacial score (nSPS) is 18.1. The number of pyridine rings is 1. The average molecular weight is 764 g/mol. The van der Waals surface area contributed by atoms with E-state index in [0.717, 1.165) is 22.0 Å². The Kier molecular flexibility index (Phi) is 11.9. The number of likely N-dealkylation sites (N-methyl/N-ethyl adjacent to an activating group) is 1. The van der Waals surface area contributed by atoms with Crippen molar-refractivity contribution in [1.29, 1.82) is 0 Å². The molecule has 2 saturated heterocycles. The number of esters is 1. The summed E-state index contributed by atoms with van der Waals surface area (Å²) in [6, 6.07) is 23.5. The maximum atomic E-state index is 14.5. The van der Waals surface area contributed by atoms with Gasteiger partial charge in [-0.15, -0.1) is 0 Å². The number of aromatic nitrogens is 1. The predicted molar refractivity (Wildman–Crippen MR) is 209 cm³/mol. The van der Waals surface area contributed by atoms with E-state index in [9.17, 15) is 24.0 Å². The zero-order valence-corrected chi connectivity index (χ0v) is 32.6. The van der Waals surface area contributed by atoms with Gasteiger partial charge in [0.05, 0.1) is 18.6 Å². The Balaban J connectivity index is 1.24. The standard InChI is InChI=1S/C42H49N7O7/c1-27(2)36(39(52)56-42(3,4)5)45-41(54)55-32-19-17-28(18-20-32)22-33-38(51)47(24-31-15-10-14-30-16-11-21-43-37(30)31)25-34-48(33)35(50)26-46(6)49(34)40(53)44-23-29-12-8-7-9-13-29/h7-21,27,33-34,36H,22-26H2,1-6H3,(H,44,53)(H,45,54)/t33-,34?,36?/m0/s1. The van der Waals surface area contributed by atoms with Crippen molar-refractivity contribution in [2.45, 2.75) is 78.0 Å².